The molecule has 0 radical (unpaired) electrons. The Kier molecular flexibility index (Phi) is 2.19. The first kappa shape index (κ1) is 9.81. The molecule has 3 rings (SSSR count). The van der Waals surface area contributed by atoms with E-state index >= 15 is 0 Å². The molecule has 1 unspecified atom stereocenters. The van der Waals surface area contributed by atoms with Crippen LogP contribution in [0.25, 0.3) is 0 Å². The molecule has 16 heavy (non-hydrogen) atoms. The average Bonchev–Trinajstić information content (AvgIpc) is 2.84. The van der Waals surface area contributed by atoms with E-state index in [1.807, 2.05) is 30.3 Å². The van der Waals surface area contributed by atoms with Gasteiger partial charge >= 0.3 is 0 Å². The Morgan fingerprint density at radius 3 is 2.81 bits per heavy atom. The summed E-state index contributed by atoms with van der Waals surface area (Å²) in [6.07, 6.45) is -0.686. The van der Waals surface area contributed by atoms with E-state index in [-0.39, 0.29) is 24.6 Å². The summed E-state index contributed by atoms with van der Waals surface area (Å²) in [4.78, 5) is 13.4. The molecular formula is C12H13NO3. The Morgan fingerprint density at radius 2 is 2.06 bits per heavy atom. The van der Waals surface area contributed by atoms with Crippen LogP contribution in [0.5, 0.6) is 0 Å². The van der Waals surface area contributed by atoms with Crippen molar-refractivity contribution in [1.82, 2.24) is 4.90 Å². The Labute approximate surface area is 93.4 Å². The van der Waals surface area contributed by atoms with Crippen molar-refractivity contribution in [2.24, 2.45) is 0 Å². The van der Waals surface area contributed by atoms with Crippen LogP contribution in [0.1, 0.15) is 18.2 Å². The fourth-order valence-electron chi connectivity index (χ4n) is 2.43. The molecule has 84 valence electrons. The lowest BCUT2D eigenvalue weighted by Gasteiger charge is -2.22. The van der Waals surface area contributed by atoms with Crippen LogP contribution < -0.4 is 0 Å². The number of benzene rings is 1. The van der Waals surface area contributed by atoms with Crippen LogP contribution in [0, 0.1) is 0 Å². The molecule has 2 aliphatic rings. The molecule has 1 aromatic rings. The Balaban J connectivity index is 1.92. The minimum Gasteiger partial charge on any atom is -0.390 e. The number of carbonyl (C=O) groups is 1. The maximum Gasteiger partial charge on any atom is 0.227 e. The van der Waals surface area contributed by atoms with Crippen molar-refractivity contribution in [1.29, 1.82) is 0 Å². The SMILES string of the molecule is O=C1C[C@H](O)[C@H]2COC(c3ccccc3)N12. The highest BCUT2D eigenvalue weighted by Gasteiger charge is 2.48. The molecule has 1 aromatic carbocycles. The molecule has 4 heteroatoms. The molecule has 2 aliphatic heterocycles. The Hall–Kier alpha value is -1.39. The second kappa shape index (κ2) is 3.57. The standard InChI is InChI=1S/C12H13NO3/c14-10-6-11(15)13-9(10)7-16-12(13)8-4-2-1-3-5-8/h1-5,9-10,12,14H,6-7H2/t9-,10+,12?/m1/s1. The molecule has 2 saturated heterocycles. The molecule has 0 aromatic heterocycles. The predicted octanol–water partition coefficient (Wildman–Crippen LogP) is 0.677. The number of hydrogen-bond donors (Lipinski definition) is 1. The van der Waals surface area contributed by atoms with E-state index in [2.05, 4.69) is 0 Å². The summed E-state index contributed by atoms with van der Waals surface area (Å²) in [5.41, 5.74) is 0.965. The van der Waals surface area contributed by atoms with Crippen molar-refractivity contribution in [3.63, 3.8) is 0 Å². The van der Waals surface area contributed by atoms with Crippen molar-refractivity contribution in [2.75, 3.05) is 6.61 Å². The summed E-state index contributed by atoms with van der Waals surface area (Å²) >= 11 is 0. The summed E-state index contributed by atoms with van der Waals surface area (Å²) in [6, 6.07) is 9.47. The van der Waals surface area contributed by atoms with Gasteiger partial charge < -0.3 is 14.7 Å². The molecule has 0 spiro atoms. The van der Waals surface area contributed by atoms with E-state index in [9.17, 15) is 9.90 Å². The van der Waals surface area contributed by atoms with Crippen LogP contribution in [-0.2, 0) is 9.53 Å². The van der Waals surface area contributed by atoms with Gasteiger partial charge in [-0.2, -0.15) is 0 Å². The molecule has 3 atom stereocenters. The molecule has 0 saturated carbocycles. The van der Waals surface area contributed by atoms with Gasteiger partial charge in [-0.25, -0.2) is 0 Å². The first-order valence-electron chi connectivity index (χ1n) is 5.43. The number of amides is 1. The summed E-state index contributed by atoms with van der Waals surface area (Å²) in [6.45, 7) is 0.423. The third-order valence-corrected chi connectivity index (χ3v) is 3.24. The molecule has 0 aliphatic carbocycles. The zero-order valence-electron chi connectivity index (χ0n) is 8.74. The van der Waals surface area contributed by atoms with Gasteiger partial charge in [0.25, 0.3) is 0 Å². The number of aliphatic hydroxyl groups excluding tert-OH is 1. The highest BCUT2D eigenvalue weighted by Crippen LogP contribution is 2.37. The lowest BCUT2D eigenvalue weighted by Crippen LogP contribution is -2.34. The number of hydrogen-bond acceptors (Lipinski definition) is 3. The van der Waals surface area contributed by atoms with Crippen molar-refractivity contribution >= 4 is 5.91 Å². The smallest absolute Gasteiger partial charge is 0.227 e. The third kappa shape index (κ3) is 1.34. The molecule has 1 N–H and O–H groups in total. The van der Waals surface area contributed by atoms with Crippen molar-refractivity contribution in [2.45, 2.75) is 24.8 Å². The monoisotopic (exact) mass is 219 g/mol. The number of fused-ring (bicyclic) bond motifs is 1. The summed E-state index contributed by atoms with van der Waals surface area (Å²) in [5, 5.41) is 9.69. The van der Waals surface area contributed by atoms with E-state index in [4.69, 9.17) is 4.74 Å². The molecule has 0 bridgehead atoms. The molecular weight excluding hydrogens is 206 g/mol. The maximum absolute atomic E-state index is 11.7. The highest BCUT2D eigenvalue weighted by molar-refractivity contribution is 5.80. The largest absolute Gasteiger partial charge is 0.390 e. The van der Waals surface area contributed by atoms with Crippen LogP contribution in [0.4, 0.5) is 0 Å². The Morgan fingerprint density at radius 1 is 1.31 bits per heavy atom. The lowest BCUT2D eigenvalue weighted by atomic mass is 10.2. The summed E-state index contributed by atoms with van der Waals surface area (Å²) < 4.78 is 5.59. The van der Waals surface area contributed by atoms with Gasteiger partial charge in [0.15, 0.2) is 6.23 Å². The molecule has 2 fully saturated rings. The molecule has 1 amide bonds. The van der Waals surface area contributed by atoms with E-state index in [1.165, 1.54) is 0 Å². The van der Waals surface area contributed by atoms with Crippen LogP contribution in [0.2, 0.25) is 0 Å². The second-order valence-corrected chi connectivity index (χ2v) is 4.24. The van der Waals surface area contributed by atoms with Crippen LogP contribution in [0.15, 0.2) is 30.3 Å². The predicted molar refractivity (Wildman–Crippen MR) is 56.4 cm³/mol. The minimum atomic E-state index is -0.582. The maximum atomic E-state index is 11.7. The first-order chi connectivity index (χ1) is 7.77. The fraction of sp³-hybridized carbons (Fsp3) is 0.417. The van der Waals surface area contributed by atoms with Gasteiger partial charge in [-0.1, -0.05) is 30.3 Å². The number of rotatable bonds is 1. The molecule has 2 heterocycles. The van der Waals surface area contributed by atoms with E-state index in [0.717, 1.165) is 5.56 Å². The first-order valence-corrected chi connectivity index (χ1v) is 5.43. The fourth-order valence-corrected chi connectivity index (χ4v) is 2.43. The minimum absolute atomic E-state index is 0.0242. The van der Waals surface area contributed by atoms with Crippen LogP contribution in [-0.4, -0.2) is 34.7 Å². The highest BCUT2D eigenvalue weighted by atomic mass is 16.5. The van der Waals surface area contributed by atoms with Crippen LogP contribution >= 0.6 is 0 Å². The zero-order valence-corrected chi connectivity index (χ0v) is 8.74. The van der Waals surface area contributed by atoms with Crippen molar-refractivity contribution in [3.05, 3.63) is 35.9 Å². The average molecular weight is 219 g/mol. The van der Waals surface area contributed by atoms with Crippen molar-refractivity contribution in [3.8, 4) is 0 Å². The number of carbonyl (C=O) groups excluding carboxylic acids is 1. The van der Waals surface area contributed by atoms with Gasteiger partial charge in [0.05, 0.1) is 25.2 Å². The van der Waals surface area contributed by atoms with E-state index in [1.54, 1.807) is 4.90 Å². The Bertz CT molecular complexity index is 406. The normalized spacial score (nSPS) is 33.2. The van der Waals surface area contributed by atoms with Crippen LogP contribution in [0.3, 0.4) is 0 Å². The lowest BCUT2D eigenvalue weighted by molar-refractivity contribution is -0.134. The van der Waals surface area contributed by atoms with Gasteiger partial charge in [0.2, 0.25) is 5.91 Å². The topological polar surface area (TPSA) is 49.8 Å². The summed E-state index contributed by atoms with van der Waals surface area (Å²) in [5.74, 6) is -0.0242. The summed E-state index contributed by atoms with van der Waals surface area (Å²) in [7, 11) is 0. The molecule has 4 nitrogen and oxygen atoms in total. The van der Waals surface area contributed by atoms with Gasteiger partial charge in [-0.3, -0.25) is 4.79 Å². The number of ether oxygens (including phenoxy) is 1. The van der Waals surface area contributed by atoms with E-state index in [0.29, 0.717) is 6.61 Å². The van der Waals surface area contributed by atoms with Gasteiger partial charge in [-0.05, 0) is 0 Å². The quantitative estimate of drug-likeness (QED) is 0.755. The van der Waals surface area contributed by atoms with Crippen molar-refractivity contribution < 1.29 is 14.6 Å². The number of nitrogens with zero attached hydrogens (tertiary/aromatic N) is 1. The van der Waals surface area contributed by atoms with Gasteiger partial charge in [-0.15, -0.1) is 0 Å². The van der Waals surface area contributed by atoms with E-state index < -0.39 is 6.10 Å². The zero-order chi connectivity index (χ0) is 11.1. The number of aliphatic hydroxyl groups is 1. The van der Waals surface area contributed by atoms with Gasteiger partial charge in [0, 0.05) is 5.56 Å². The third-order valence-electron chi connectivity index (χ3n) is 3.24. The second-order valence-electron chi connectivity index (χ2n) is 4.24. The van der Waals surface area contributed by atoms with Gasteiger partial charge in [0.1, 0.15) is 0 Å².